The van der Waals surface area contributed by atoms with Crippen molar-refractivity contribution < 1.29 is 48.3 Å². The van der Waals surface area contributed by atoms with Gasteiger partial charge in [-0.25, -0.2) is 0 Å². The van der Waals surface area contributed by atoms with E-state index in [1.165, 1.54) is 25.2 Å². The van der Waals surface area contributed by atoms with Crippen LogP contribution in [-0.2, 0) is 27.5 Å². The number of carboxylic acids is 2. The number of thiophene rings is 1. The summed E-state index contributed by atoms with van der Waals surface area (Å²) in [4.78, 5) is 49.9. The first-order valence-electron chi connectivity index (χ1n) is 14.8. The molecule has 3 aromatic rings. The van der Waals surface area contributed by atoms with Gasteiger partial charge in [-0.3, -0.25) is 19.2 Å². The van der Waals surface area contributed by atoms with E-state index in [1.807, 2.05) is 24.3 Å². The molecule has 1 aliphatic heterocycles. The summed E-state index contributed by atoms with van der Waals surface area (Å²) in [7, 11) is 3.12. The number of rotatable bonds is 15. The van der Waals surface area contributed by atoms with Gasteiger partial charge < -0.3 is 34.1 Å². The van der Waals surface area contributed by atoms with Crippen LogP contribution in [0.3, 0.4) is 0 Å². The molecule has 11 nitrogen and oxygen atoms in total. The third-order valence-corrected chi connectivity index (χ3v) is 9.62. The Morgan fingerprint density at radius 1 is 0.800 bits per heavy atom. The first-order chi connectivity index (χ1) is 21.4. The molecule has 0 unspecified atom stereocenters. The number of benzene rings is 2. The van der Waals surface area contributed by atoms with E-state index in [-0.39, 0.29) is 29.9 Å². The number of methoxy groups -OCH3 is 2. The van der Waals surface area contributed by atoms with Crippen molar-refractivity contribution in [1.82, 2.24) is 4.90 Å². The fourth-order valence-corrected chi connectivity index (χ4v) is 6.25. The van der Waals surface area contributed by atoms with Crippen molar-refractivity contribution in [3.63, 3.8) is 0 Å². The molecule has 0 spiro atoms. The van der Waals surface area contributed by atoms with Crippen molar-refractivity contribution in [2.24, 2.45) is 17.3 Å². The number of ether oxygens (including phenoxy) is 4. The van der Waals surface area contributed by atoms with E-state index < -0.39 is 23.8 Å². The molecule has 1 aliphatic carbocycles. The Morgan fingerprint density at radius 2 is 1.33 bits per heavy atom. The van der Waals surface area contributed by atoms with Crippen LogP contribution in [0.1, 0.15) is 60.3 Å². The number of carboxylic acid groups (broad SMARTS) is 2. The largest absolute Gasteiger partial charge is 0.493 e. The lowest BCUT2D eigenvalue weighted by Crippen LogP contribution is -2.28. The predicted octanol–water partition coefficient (Wildman–Crippen LogP) is 5.40. The lowest BCUT2D eigenvalue weighted by Gasteiger charge is -2.20. The molecule has 45 heavy (non-hydrogen) atoms. The smallest absolute Gasteiger partial charge is 0.306 e. The first kappa shape index (κ1) is 32.1. The highest BCUT2D eigenvalue weighted by molar-refractivity contribution is 7.20. The van der Waals surface area contributed by atoms with Gasteiger partial charge in [0, 0.05) is 42.1 Å². The molecule has 1 aromatic heterocycles. The molecule has 2 N–H and O–H groups in total. The molecular formula is C33H37NO10S. The number of amides is 1. The number of nitrogens with zero attached hydrogens (tertiary/aromatic N) is 1. The van der Waals surface area contributed by atoms with Gasteiger partial charge in [0.2, 0.25) is 5.91 Å². The van der Waals surface area contributed by atoms with Gasteiger partial charge in [-0.15, -0.1) is 11.3 Å². The average molecular weight is 640 g/mol. The number of ketones is 1. The van der Waals surface area contributed by atoms with Crippen LogP contribution in [0, 0.1) is 17.3 Å². The summed E-state index contributed by atoms with van der Waals surface area (Å²) in [5.74, 6) is -1.71. The Bertz CT molecular complexity index is 1640. The topological polar surface area (TPSA) is 149 Å². The van der Waals surface area contributed by atoms with Crippen LogP contribution in [0.4, 0.5) is 0 Å². The Balaban J connectivity index is 1.23. The van der Waals surface area contributed by atoms with Crippen LogP contribution in [-0.4, -0.2) is 66.2 Å². The van der Waals surface area contributed by atoms with Gasteiger partial charge in [0.15, 0.2) is 28.8 Å². The first-order valence-corrected chi connectivity index (χ1v) is 15.6. The molecule has 0 radical (unpaired) electrons. The lowest BCUT2D eigenvalue weighted by molar-refractivity contribution is -0.145. The van der Waals surface area contributed by atoms with Gasteiger partial charge in [-0.1, -0.05) is 13.8 Å². The van der Waals surface area contributed by atoms with Gasteiger partial charge in [-0.05, 0) is 53.6 Å². The lowest BCUT2D eigenvalue weighted by atomic mass is 10.0. The molecule has 1 fully saturated rings. The highest BCUT2D eigenvalue weighted by Gasteiger charge is 2.45. The molecule has 2 atom stereocenters. The molecule has 0 bridgehead atoms. The van der Waals surface area contributed by atoms with E-state index in [4.69, 9.17) is 29.2 Å². The van der Waals surface area contributed by atoms with Crippen LogP contribution in [0.5, 0.6) is 23.0 Å². The molecular weight excluding hydrogens is 602 g/mol. The number of aliphatic carboxylic acids is 2. The maximum Gasteiger partial charge on any atom is 0.306 e. The van der Waals surface area contributed by atoms with Crippen LogP contribution in [0.15, 0.2) is 30.3 Å². The minimum Gasteiger partial charge on any atom is -0.493 e. The van der Waals surface area contributed by atoms with Crippen molar-refractivity contribution in [3.05, 3.63) is 46.3 Å². The Labute approximate surface area is 264 Å². The number of Topliss-reactive ketones (excluding diaryl/α,β-unsaturated/α-hetero) is 1. The molecule has 2 heterocycles. The summed E-state index contributed by atoms with van der Waals surface area (Å²) < 4.78 is 24.5. The minimum absolute atomic E-state index is 0.0537. The summed E-state index contributed by atoms with van der Waals surface area (Å²) in [6.45, 7) is 4.60. The molecule has 12 heteroatoms. The van der Waals surface area contributed by atoms with E-state index >= 15 is 0 Å². The van der Waals surface area contributed by atoms with Gasteiger partial charge in [0.1, 0.15) is 0 Å². The van der Waals surface area contributed by atoms with E-state index in [9.17, 15) is 19.2 Å². The highest BCUT2D eigenvalue weighted by atomic mass is 32.1. The minimum atomic E-state index is -1.00. The van der Waals surface area contributed by atoms with E-state index in [1.54, 1.807) is 25.2 Å². The Kier molecular flexibility index (Phi) is 9.24. The number of hydrogen-bond donors (Lipinski definition) is 2. The summed E-state index contributed by atoms with van der Waals surface area (Å²) in [6, 6.07) is 9.20. The maximum atomic E-state index is 12.7. The number of carbonyl (C=O) groups is 4. The van der Waals surface area contributed by atoms with Gasteiger partial charge in [0.25, 0.3) is 0 Å². The van der Waals surface area contributed by atoms with Crippen molar-refractivity contribution in [2.45, 2.75) is 52.6 Å². The molecule has 2 aliphatic rings. The van der Waals surface area contributed by atoms with E-state index in [0.29, 0.717) is 54.2 Å². The highest BCUT2D eigenvalue weighted by Crippen LogP contribution is 2.48. The third-order valence-electron chi connectivity index (χ3n) is 8.48. The maximum absolute atomic E-state index is 12.7. The molecule has 240 valence electrons. The van der Waals surface area contributed by atoms with Crippen LogP contribution in [0.2, 0.25) is 0 Å². The van der Waals surface area contributed by atoms with E-state index in [0.717, 1.165) is 34.1 Å². The summed E-state index contributed by atoms with van der Waals surface area (Å²) in [5, 5.41) is 19.1. The normalized spacial score (nSPS) is 16.0. The van der Waals surface area contributed by atoms with Crippen LogP contribution in [0.25, 0.3) is 10.1 Å². The predicted molar refractivity (Wildman–Crippen MR) is 165 cm³/mol. The fraction of sp³-hybridized carbons (Fsp3) is 0.455. The number of carbonyl (C=O) groups excluding carboxylic acids is 2. The molecule has 1 saturated carbocycles. The van der Waals surface area contributed by atoms with Crippen molar-refractivity contribution in [3.8, 4) is 23.0 Å². The second kappa shape index (κ2) is 13.0. The SMILES string of the molecule is COc1cc2c(cc1OCC1(COc3cc4cc(C(=O)C[C@H](C)C(=O)O)sc4cc3OC)CC1)CN(C(=O)C[C@H](C)C(=O)O)C2. The number of hydrogen-bond acceptors (Lipinski definition) is 9. The zero-order valence-corrected chi connectivity index (χ0v) is 26.5. The number of fused-ring (bicyclic) bond motifs is 2. The van der Waals surface area contributed by atoms with Crippen LogP contribution >= 0.6 is 11.3 Å². The van der Waals surface area contributed by atoms with Crippen molar-refractivity contribution in [1.29, 1.82) is 0 Å². The van der Waals surface area contributed by atoms with Crippen LogP contribution < -0.4 is 18.9 Å². The second-order valence-electron chi connectivity index (χ2n) is 12.1. The standard InChI is InChI=1S/C33H37NO10S/c1-18(31(37)38)7-23(35)29-12-20-9-26(25(42-4)13-28(20)45-29)43-16-33(5-6-33)17-44-27-11-22-15-34(14-21(22)10-24(27)41-3)30(36)8-19(2)32(39)40/h9-13,18-19H,5-8,14-17H2,1-4H3,(H,37,38)(H,39,40)/t18-,19-/m0/s1. The molecule has 0 saturated heterocycles. The molecule has 1 amide bonds. The van der Waals surface area contributed by atoms with Gasteiger partial charge in [-0.2, -0.15) is 0 Å². The monoisotopic (exact) mass is 639 g/mol. The zero-order valence-electron chi connectivity index (χ0n) is 25.7. The summed E-state index contributed by atoms with van der Waals surface area (Å²) in [6.07, 6.45) is 1.70. The Morgan fingerprint density at radius 3 is 1.89 bits per heavy atom. The average Bonchev–Trinajstić information content (AvgIpc) is 3.45. The fourth-order valence-electron chi connectivity index (χ4n) is 5.22. The van der Waals surface area contributed by atoms with Crippen molar-refractivity contribution >= 4 is 45.1 Å². The van der Waals surface area contributed by atoms with Gasteiger partial charge in [0.05, 0.1) is 44.1 Å². The summed E-state index contributed by atoms with van der Waals surface area (Å²) >= 11 is 1.30. The summed E-state index contributed by atoms with van der Waals surface area (Å²) in [5.41, 5.74) is 1.67. The molecule has 2 aromatic carbocycles. The second-order valence-corrected chi connectivity index (χ2v) is 13.1. The quantitative estimate of drug-likeness (QED) is 0.207. The zero-order chi connectivity index (χ0) is 32.5. The van der Waals surface area contributed by atoms with Crippen molar-refractivity contribution in [2.75, 3.05) is 27.4 Å². The third kappa shape index (κ3) is 7.16. The van der Waals surface area contributed by atoms with Gasteiger partial charge >= 0.3 is 11.9 Å². The Hall–Kier alpha value is -4.32. The van der Waals surface area contributed by atoms with E-state index in [2.05, 4.69) is 0 Å². The molecule has 5 rings (SSSR count).